The number of methoxy groups -OCH3 is 1. The van der Waals surface area contributed by atoms with Crippen LogP contribution < -0.4 is 4.72 Å². The van der Waals surface area contributed by atoms with E-state index in [1.165, 1.54) is 0 Å². The van der Waals surface area contributed by atoms with Crippen molar-refractivity contribution < 1.29 is 32.2 Å². The van der Waals surface area contributed by atoms with E-state index >= 15 is 0 Å². The third-order valence-electron chi connectivity index (χ3n) is 3.40. The molecule has 23 heavy (non-hydrogen) atoms. The molecule has 128 valence electrons. The van der Waals surface area contributed by atoms with E-state index in [2.05, 4.69) is 4.74 Å². The standard InChI is InChI=1S/C14H18FNO6S/c1-4-8(2)12(13(17)18)16-23(20,21)11-6-5-9(15)7-10(11)14(19)22-3/h5-8,12,16H,4H2,1-3H3,(H,17,18)/t8-,12-/m0/s1. The Kier molecular flexibility index (Phi) is 6.22. The highest BCUT2D eigenvalue weighted by atomic mass is 32.2. The van der Waals surface area contributed by atoms with Crippen molar-refractivity contribution in [2.45, 2.75) is 31.2 Å². The summed E-state index contributed by atoms with van der Waals surface area (Å²) in [4.78, 5) is 22.4. The van der Waals surface area contributed by atoms with E-state index < -0.39 is 50.2 Å². The number of rotatable bonds is 7. The van der Waals surface area contributed by atoms with Crippen LogP contribution in [0.25, 0.3) is 0 Å². The fraction of sp³-hybridized carbons (Fsp3) is 0.429. The Morgan fingerprint density at radius 1 is 1.39 bits per heavy atom. The highest BCUT2D eigenvalue weighted by molar-refractivity contribution is 7.89. The average molecular weight is 347 g/mol. The molecule has 1 aromatic carbocycles. The number of carboxylic acids is 1. The third-order valence-corrected chi connectivity index (χ3v) is 4.90. The summed E-state index contributed by atoms with van der Waals surface area (Å²) in [7, 11) is -3.34. The van der Waals surface area contributed by atoms with E-state index in [0.717, 1.165) is 25.3 Å². The fourth-order valence-corrected chi connectivity index (χ4v) is 3.36. The van der Waals surface area contributed by atoms with Crippen LogP contribution in [0.3, 0.4) is 0 Å². The summed E-state index contributed by atoms with van der Waals surface area (Å²) in [6.45, 7) is 3.29. The molecule has 0 aromatic heterocycles. The lowest BCUT2D eigenvalue weighted by molar-refractivity contribution is -0.140. The summed E-state index contributed by atoms with van der Waals surface area (Å²) < 4.78 is 44.6. The van der Waals surface area contributed by atoms with Gasteiger partial charge in [0.1, 0.15) is 11.9 Å². The monoisotopic (exact) mass is 347 g/mol. The normalized spacial score (nSPS) is 14.1. The highest BCUT2D eigenvalue weighted by Gasteiger charge is 2.32. The zero-order chi connectivity index (χ0) is 17.8. The van der Waals surface area contributed by atoms with Crippen LogP contribution in [0, 0.1) is 11.7 Å². The molecule has 1 aromatic rings. The van der Waals surface area contributed by atoms with Gasteiger partial charge in [0, 0.05) is 0 Å². The molecule has 2 atom stereocenters. The molecular weight excluding hydrogens is 329 g/mol. The summed E-state index contributed by atoms with van der Waals surface area (Å²) in [5.74, 6) is -3.68. The van der Waals surface area contributed by atoms with Crippen molar-refractivity contribution in [1.29, 1.82) is 0 Å². The second kappa shape index (κ2) is 7.51. The van der Waals surface area contributed by atoms with Crippen LogP contribution in [-0.2, 0) is 19.6 Å². The summed E-state index contributed by atoms with van der Waals surface area (Å²) in [6, 6.07) is 1.10. The molecule has 2 N–H and O–H groups in total. The van der Waals surface area contributed by atoms with Crippen molar-refractivity contribution in [3.05, 3.63) is 29.6 Å². The molecule has 7 nitrogen and oxygen atoms in total. The number of sulfonamides is 1. The number of carbonyl (C=O) groups is 2. The van der Waals surface area contributed by atoms with Crippen LogP contribution in [0.1, 0.15) is 30.6 Å². The van der Waals surface area contributed by atoms with Gasteiger partial charge in [-0.25, -0.2) is 17.6 Å². The first-order valence-electron chi connectivity index (χ1n) is 6.77. The van der Waals surface area contributed by atoms with E-state index in [1.54, 1.807) is 13.8 Å². The number of hydrogen-bond donors (Lipinski definition) is 2. The third kappa shape index (κ3) is 4.49. The second-order valence-corrected chi connectivity index (χ2v) is 6.64. The molecule has 0 radical (unpaired) electrons. The van der Waals surface area contributed by atoms with Crippen LogP contribution in [-0.4, -0.2) is 38.6 Å². The van der Waals surface area contributed by atoms with Crippen molar-refractivity contribution in [1.82, 2.24) is 4.72 Å². The Balaban J connectivity index is 3.33. The SMILES string of the molecule is CC[C@H](C)[C@H](NS(=O)(=O)c1ccc(F)cc1C(=O)OC)C(=O)O. The van der Waals surface area contributed by atoms with Gasteiger partial charge in [0.25, 0.3) is 0 Å². The lowest BCUT2D eigenvalue weighted by atomic mass is 10.0. The van der Waals surface area contributed by atoms with E-state index in [1.807, 2.05) is 4.72 Å². The first-order valence-corrected chi connectivity index (χ1v) is 8.25. The van der Waals surface area contributed by atoms with E-state index in [9.17, 15) is 27.5 Å². The molecule has 0 saturated heterocycles. The number of esters is 1. The Hall–Kier alpha value is -2.00. The van der Waals surface area contributed by atoms with Crippen LogP contribution >= 0.6 is 0 Å². The Morgan fingerprint density at radius 3 is 2.48 bits per heavy atom. The molecule has 0 bridgehead atoms. The number of benzene rings is 1. The molecule has 0 heterocycles. The van der Waals surface area contributed by atoms with Gasteiger partial charge in [-0.15, -0.1) is 0 Å². The Bertz CT molecular complexity index is 703. The van der Waals surface area contributed by atoms with Gasteiger partial charge >= 0.3 is 11.9 Å². The number of nitrogens with one attached hydrogen (secondary N) is 1. The molecule has 0 saturated carbocycles. The van der Waals surface area contributed by atoms with Gasteiger partial charge in [-0.05, 0) is 24.1 Å². The van der Waals surface area contributed by atoms with Crippen LogP contribution in [0.5, 0.6) is 0 Å². The van der Waals surface area contributed by atoms with Gasteiger partial charge in [-0.3, -0.25) is 4.79 Å². The lowest BCUT2D eigenvalue weighted by Gasteiger charge is -2.20. The minimum absolute atomic E-state index is 0.423. The predicted molar refractivity (Wildman–Crippen MR) is 78.9 cm³/mol. The van der Waals surface area contributed by atoms with Crippen molar-refractivity contribution in [3.8, 4) is 0 Å². The Labute approximate surface area is 133 Å². The van der Waals surface area contributed by atoms with Gasteiger partial charge in [0.2, 0.25) is 10.0 Å². The van der Waals surface area contributed by atoms with Crippen LogP contribution in [0.15, 0.2) is 23.1 Å². The molecule has 0 aliphatic heterocycles. The quantitative estimate of drug-likeness (QED) is 0.721. The van der Waals surface area contributed by atoms with Gasteiger partial charge in [-0.1, -0.05) is 20.3 Å². The maximum absolute atomic E-state index is 13.3. The maximum atomic E-state index is 13.3. The lowest BCUT2D eigenvalue weighted by Crippen LogP contribution is -2.45. The number of halogens is 1. The zero-order valence-corrected chi connectivity index (χ0v) is 13.7. The first kappa shape index (κ1) is 19.0. The van der Waals surface area contributed by atoms with Crippen LogP contribution in [0.2, 0.25) is 0 Å². The van der Waals surface area contributed by atoms with E-state index in [4.69, 9.17) is 0 Å². The summed E-state index contributed by atoms with van der Waals surface area (Å²) in [5.41, 5.74) is -0.506. The van der Waals surface area contributed by atoms with Gasteiger partial charge in [0.15, 0.2) is 0 Å². The van der Waals surface area contributed by atoms with Crippen molar-refractivity contribution >= 4 is 22.0 Å². The van der Waals surface area contributed by atoms with Gasteiger partial charge in [0.05, 0.1) is 17.6 Å². The predicted octanol–water partition coefficient (Wildman–Crippen LogP) is 1.39. The van der Waals surface area contributed by atoms with Crippen molar-refractivity contribution in [2.24, 2.45) is 5.92 Å². The molecule has 0 fully saturated rings. The number of ether oxygens (including phenoxy) is 1. The van der Waals surface area contributed by atoms with Gasteiger partial charge < -0.3 is 9.84 Å². The molecule has 0 unspecified atom stereocenters. The molecular formula is C14H18FNO6S. The smallest absolute Gasteiger partial charge is 0.339 e. The number of carbonyl (C=O) groups excluding carboxylic acids is 1. The Morgan fingerprint density at radius 2 is 2.00 bits per heavy atom. The molecule has 0 amide bonds. The average Bonchev–Trinajstić information content (AvgIpc) is 2.50. The van der Waals surface area contributed by atoms with Gasteiger partial charge in [-0.2, -0.15) is 4.72 Å². The highest BCUT2D eigenvalue weighted by Crippen LogP contribution is 2.20. The van der Waals surface area contributed by atoms with E-state index in [0.29, 0.717) is 6.42 Å². The fourth-order valence-electron chi connectivity index (χ4n) is 1.88. The van der Waals surface area contributed by atoms with Crippen molar-refractivity contribution in [2.75, 3.05) is 7.11 Å². The molecule has 1 rings (SSSR count). The minimum Gasteiger partial charge on any atom is -0.480 e. The second-order valence-electron chi connectivity index (χ2n) is 4.95. The number of carboxylic acid groups (broad SMARTS) is 1. The summed E-state index contributed by atoms with van der Waals surface area (Å²) in [6.07, 6.45) is 0.423. The molecule has 0 aliphatic carbocycles. The first-order chi connectivity index (χ1) is 10.6. The van der Waals surface area contributed by atoms with E-state index in [-0.39, 0.29) is 0 Å². The number of aliphatic carboxylic acids is 1. The summed E-state index contributed by atoms with van der Waals surface area (Å²) in [5, 5.41) is 9.18. The van der Waals surface area contributed by atoms with Crippen molar-refractivity contribution in [3.63, 3.8) is 0 Å². The molecule has 0 spiro atoms. The summed E-state index contributed by atoms with van der Waals surface area (Å²) >= 11 is 0. The largest absolute Gasteiger partial charge is 0.480 e. The topological polar surface area (TPSA) is 110 Å². The minimum atomic E-state index is -4.36. The molecule has 0 aliphatic rings. The zero-order valence-electron chi connectivity index (χ0n) is 12.9. The molecule has 9 heteroatoms. The number of hydrogen-bond acceptors (Lipinski definition) is 5. The van der Waals surface area contributed by atoms with Crippen LogP contribution in [0.4, 0.5) is 4.39 Å². The maximum Gasteiger partial charge on any atom is 0.339 e.